The van der Waals surface area contributed by atoms with Crippen molar-refractivity contribution in [1.29, 1.82) is 0 Å². The Hall–Kier alpha value is -1.76. The van der Waals surface area contributed by atoms with Crippen LogP contribution in [-0.2, 0) is 0 Å². The molecule has 96 valence electrons. The maximum Gasteiger partial charge on any atom is 0.244 e. The van der Waals surface area contributed by atoms with Gasteiger partial charge in [-0.25, -0.2) is 4.98 Å². The lowest BCUT2D eigenvalue weighted by Gasteiger charge is -2.24. The number of nitrogens with two attached hydrogens (primary N) is 1. The quantitative estimate of drug-likeness (QED) is 0.851. The first-order valence-corrected chi connectivity index (χ1v) is 6.29. The molecule has 18 heavy (non-hydrogen) atoms. The van der Waals surface area contributed by atoms with E-state index >= 15 is 0 Å². The largest absolute Gasteiger partial charge is 0.337 e. The number of hydrogen-bond donors (Lipinski definition) is 2. The number of aromatic amines is 1. The van der Waals surface area contributed by atoms with E-state index in [0.29, 0.717) is 23.5 Å². The van der Waals surface area contributed by atoms with Crippen molar-refractivity contribution in [1.82, 2.24) is 25.3 Å². The predicted molar refractivity (Wildman–Crippen MR) is 63.2 cm³/mol. The van der Waals surface area contributed by atoms with Crippen LogP contribution in [0.15, 0.2) is 10.9 Å². The van der Waals surface area contributed by atoms with Gasteiger partial charge in [-0.15, -0.1) is 0 Å². The first-order valence-electron chi connectivity index (χ1n) is 6.29. The van der Waals surface area contributed by atoms with Crippen molar-refractivity contribution >= 4 is 0 Å². The molecule has 1 fully saturated rings. The zero-order valence-corrected chi connectivity index (χ0v) is 10.0. The Balaban J connectivity index is 1.76. The lowest BCUT2D eigenvalue weighted by molar-refractivity contribution is 0.255. The Kier molecular flexibility index (Phi) is 3.06. The van der Waals surface area contributed by atoms with Crippen molar-refractivity contribution in [2.24, 2.45) is 11.7 Å². The summed E-state index contributed by atoms with van der Waals surface area (Å²) in [4.78, 5) is 8.27. The smallest absolute Gasteiger partial charge is 0.244 e. The van der Waals surface area contributed by atoms with E-state index in [-0.39, 0.29) is 6.04 Å². The zero-order valence-electron chi connectivity index (χ0n) is 10.0. The van der Waals surface area contributed by atoms with Gasteiger partial charge in [-0.2, -0.15) is 10.1 Å². The van der Waals surface area contributed by atoms with Crippen molar-refractivity contribution in [2.45, 2.75) is 38.1 Å². The summed E-state index contributed by atoms with van der Waals surface area (Å²) in [6.45, 7) is 0. The van der Waals surface area contributed by atoms with E-state index < -0.39 is 0 Å². The molecule has 1 saturated carbocycles. The number of nitrogens with zero attached hydrogens (tertiary/aromatic N) is 4. The molecule has 1 atom stereocenters. The van der Waals surface area contributed by atoms with Gasteiger partial charge in [-0.05, 0) is 18.8 Å². The summed E-state index contributed by atoms with van der Waals surface area (Å²) in [6, 6.07) is -0.172. The van der Waals surface area contributed by atoms with Crippen LogP contribution < -0.4 is 5.73 Å². The maximum atomic E-state index is 6.19. The number of aromatic nitrogens is 5. The monoisotopic (exact) mass is 248 g/mol. The summed E-state index contributed by atoms with van der Waals surface area (Å²) in [5, 5.41) is 10.3. The topological polar surface area (TPSA) is 107 Å². The first kappa shape index (κ1) is 11.3. The van der Waals surface area contributed by atoms with E-state index in [4.69, 9.17) is 10.3 Å². The third-order valence-corrected chi connectivity index (χ3v) is 3.51. The lowest BCUT2D eigenvalue weighted by atomic mass is 9.84. The van der Waals surface area contributed by atoms with E-state index in [0.717, 1.165) is 12.8 Å². The summed E-state index contributed by atoms with van der Waals surface area (Å²) in [7, 11) is 0. The molecule has 3 rings (SSSR count). The summed E-state index contributed by atoms with van der Waals surface area (Å²) >= 11 is 0. The Morgan fingerprint density at radius 2 is 2.17 bits per heavy atom. The van der Waals surface area contributed by atoms with Crippen LogP contribution in [0.1, 0.15) is 44.0 Å². The van der Waals surface area contributed by atoms with Crippen LogP contribution in [0, 0.1) is 5.92 Å². The van der Waals surface area contributed by atoms with Gasteiger partial charge in [0.25, 0.3) is 0 Å². The van der Waals surface area contributed by atoms with Crippen LogP contribution in [-0.4, -0.2) is 25.3 Å². The minimum absolute atomic E-state index is 0.172. The number of rotatable bonds is 3. The molecule has 0 radical (unpaired) electrons. The molecule has 0 aromatic carbocycles. The molecular weight excluding hydrogens is 232 g/mol. The molecule has 2 aromatic rings. The molecule has 2 heterocycles. The summed E-state index contributed by atoms with van der Waals surface area (Å²) in [5.74, 6) is 1.85. The molecule has 0 aliphatic heterocycles. The Bertz CT molecular complexity index is 487. The average molecular weight is 248 g/mol. The van der Waals surface area contributed by atoms with Crippen LogP contribution in [0.25, 0.3) is 11.6 Å². The Morgan fingerprint density at radius 1 is 1.33 bits per heavy atom. The van der Waals surface area contributed by atoms with Crippen LogP contribution >= 0.6 is 0 Å². The van der Waals surface area contributed by atoms with E-state index in [9.17, 15) is 0 Å². The molecule has 0 bridgehead atoms. The zero-order chi connectivity index (χ0) is 12.4. The summed E-state index contributed by atoms with van der Waals surface area (Å²) in [6.07, 6.45) is 7.47. The van der Waals surface area contributed by atoms with Crippen molar-refractivity contribution in [3.05, 3.63) is 12.2 Å². The number of H-pyrrole nitrogens is 1. The molecule has 0 amide bonds. The van der Waals surface area contributed by atoms with Crippen molar-refractivity contribution in [2.75, 3.05) is 0 Å². The van der Waals surface area contributed by atoms with Gasteiger partial charge >= 0.3 is 0 Å². The molecule has 3 N–H and O–H groups in total. The van der Waals surface area contributed by atoms with Gasteiger partial charge in [-0.3, -0.25) is 5.10 Å². The van der Waals surface area contributed by atoms with Crippen LogP contribution in [0.4, 0.5) is 0 Å². The second-order valence-electron chi connectivity index (χ2n) is 4.71. The van der Waals surface area contributed by atoms with Crippen LogP contribution in [0.5, 0.6) is 0 Å². The second kappa shape index (κ2) is 4.85. The molecule has 0 saturated heterocycles. The highest BCUT2D eigenvalue weighted by atomic mass is 16.5. The highest BCUT2D eigenvalue weighted by Gasteiger charge is 2.26. The average Bonchev–Trinajstić information content (AvgIpc) is 3.09. The lowest BCUT2D eigenvalue weighted by Crippen LogP contribution is -2.23. The summed E-state index contributed by atoms with van der Waals surface area (Å²) in [5.41, 5.74) is 6.19. The van der Waals surface area contributed by atoms with Gasteiger partial charge in [-0.1, -0.05) is 24.4 Å². The molecular formula is C11H16N6O. The van der Waals surface area contributed by atoms with Crippen LogP contribution in [0.2, 0.25) is 0 Å². The minimum atomic E-state index is -0.172. The second-order valence-corrected chi connectivity index (χ2v) is 4.71. The van der Waals surface area contributed by atoms with Crippen molar-refractivity contribution < 1.29 is 4.52 Å². The van der Waals surface area contributed by atoms with Gasteiger partial charge in [0.05, 0.1) is 6.04 Å². The number of nitrogens with one attached hydrogen (secondary N) is 1. The van der Waals surface area contributed by atoms with Gasteiger partial charge in [0, 0.05) is 0 Å². The van der Waals surface area contributed by atoms with Gasteiger partial charge in [0.1, 0.15) is 6.33 Å². The highest BCUT2D eigenvalue weighted by molar-refractivity contribution is 5.39. The highest BCUT2D eigenvalue weighted by Crippen LogP contribution is 2.32. The Labute approximate surface area is 104 Å². The minimum Gasteiger partial charge on any atom is -0.337 e. The van der Waals surface area contributed by atoms with Crippen molar-refractivity contribution in [3.63, 3.8) is 0 Å². The SMILES string of the molecule is NC(c1nc(-c2ncn[nH]2)no1)C1CCCCC1. The molecule has 1 unspecified atom stereocenters. The molecule has 7 heteroatoms. The van der Waals surface area contributed by atoms with Crippen molar-refractivity contribution in [3.8, 4) is 11.6 Å². The maximum absolute atomic E-state index is 6.19. The molecule has 1 aliphatic rings. The standard InChI is InChI=1S/C11H16N6O/c12-8(7-4-2-1-3-5-7)11-15-10(17-18-11)9-13-6-14-16-9/h6-8H,1-5,12H2,(H,13,14,16). The van der Waals surface area contributed by atoms with Gasteiger partial charge in [0.2, 0.25) is 11.7 Å². The fourth-order valence-electron chi connectivity index (χ4n) is 2.47. The normalized spacial score (nSPS) is 18.9. The molecule has 7 nitrogen and oxygen atoms in total. The predicted octanol–water partition coefficient (Wildman–Crippen LogP) is 1.43. The molecule has 0 spiro atoms. The van der Waals surface area contributed by atoms with E-state index in [1.165, 1.54) is 25.6 Å². The molecule has 2 aromatic heterocycles. The Morgan fingerprint density at radius 3 is 2.89 bits per heavy atom. The fraction of sp³-hybridized carbons (Fsp3) is 0.636. The van der Waals surface area contributed by atoms with E-state index in [1.54, 1.807) is 0 Å². The van der Waals surface area contributed by atoms with E-state index in [1.807, 2.05) is 0 Å². The third kappa shape index (κ3) is 2.13. The fourth-order valence-corrected chi connectivity index (χ4v) is 2.47. The van der Waals surface area contributed by atoms with Gasteiger partial charge in [0.15, 0.2) is 5.82 Å². The summed E-state index contributed by atoms with van der Waals surface area (Å²) < 4.78 is 5.23. The third-order valence-electron chi connectivity index (χ3n) is 3.51. The number of hydrogen-bond acceptors (Lipinski definition) is 6. The van der Waals surface area contributed by atoms with E-state index in [2.05, 4.69) is 25.3 Å². The van der Waals surface area contributed by atoms with Crippen LogP contribution in [0.3, 0.4) is 0 Å². The van der Waals surface area contributed by atoms with Gasteiger partial charge < -0.3 is 10.3 Å². The first-order chi connectivity index (χ1) is 8.84. The molecule has 1 aliphatic carbocycles.